The Balaban J connectivity index is 1.45. The van der Waals surface area contributed by atoms with Gasteiger partial charge in [0.15, 0.2) is 5.65 Å². The SMILES string of the molecule is Cn1cnc2ncnc(C(I)c3cc(-c4ncnc5cc(N6CCOCC6)ccc45)c(F)cc3F)c21. The lowest BCUT2D eigenvalue weighted by Crippen LogP contribution is -2.36. The summed E-state index contributed by atoms with van der Waals surface area (Å²) in [6.07, 6.45) is 4.45. The van der Waals surface area contributed by atoms with E-state index in [-0.39, 0.29) is 5.56 Å². The molecular weight excluding hydrogens is 579 g/mol. The molecule has 3 aromatic heterocycles. The highest BCUT2D eigenvalue weighted by atomic mass is 127. The van der Waals surface area contributed by atoms with Gasteiger partial charge in [0, 0.05) is 48.4 Å². The summed E-state index contributed by atoms with van der Waals surface area (Å²) in [7, 11) is 1.83. The first-order valence-electron chi connectivity index (χ1n) is 11.3. The lowest BCUT2D eigenvalue weighted by Gasteiger charge is -2.29. The van der Waals surface area contributed by atoms with Gasteiger partial charge in [-0.25, -0.2) is 33.7 Å². The zero-order valence-electron chi connectivity index (χ0n) is 19.2. The Kier molecular flexibility index (Phi) is 5.96. The zero-order valence-corrected chi connectivity index (χ0v) is 21.4. The molecule has 2 aromatic carbocycles. The van der Waals surface area contributed by atoms with Crippen molar-refractivity contribution in [3.63, 3.8) is 0 Å². The van der Waals surface area contributed by atoms with Gasteiger partial charge in [-0.2, -0.15) is 0 Å². The topological polar surface area (TPSA) is 81.8 Å². The average molecular weight is 599 g/mol. The quantitative estimate of drug-likeness (QED) is 0.221. The van der Waals surface area contributed by atoms with Crippen molar-refractivity contribution in [2.45, 2.75) is 3.92 Å². The Hall–Kier alpha value is -3.32. The van der Waals surface area contributed by atoms with Crippen molar-refractivity contribution in [1.29, 1.82) is 0 Å². The van der Waals surface area contributed by atoms with E-state index in [1.807, 2.05) is 25.2 Å². The predicted octanol–water partition coefficient (Wildman–Crippen LogP) is 4.61. The highest BCUT2D eigenvalue weighted by Crippen LogP contribution is 2.39. The number of anilines is 1. The van der Waals surface area contributed by atoms with Crippen molar-refractivity contribution in [2.24, 2.45) is 7.05 Å². The zero-order chi connectivity index (χ0) is 24.8. The van der Waals surface area contributed by atoms with Crippen LogP contribution in [-0.2, 0) is 11.8 Å². The smallest absolute Gasteiger partial charge is 0.181 e. The molecule has 182 valence electrons. The molecule has 1 aliphatic heterocycles. The Morgan fingerprint density at radius 2 is 1.75 bits per heavy atom. The van der Waals surface area contributed by atoms with Gasteiger partial charge in [0.25, 0.3) is 0 Å². The summed E-state index contributed by atoms with van der Waals surface area (Å²) < 4.78 is 37.0. The van der Waals surface area contributed by atoms with Crippen LogP contribution in [0.3, 0.4) is 0 Å². The third-order valence-electron chi connectivity index (χ3n) is 6.39. The largest absolute Gasteiger partial charge is 0.378 e. The fraction of sp³-hybridized carbons (Fsp3) is 0.240. The molecule has 1 fully saturated rings. The van der Waals surface area contributed by atoms with Crippen LogP contribution < -0.4 is 4.90 Å². The van der Waals surface area contributed by atoms with Crippen molar-refractivity contribution in [3.8, 4) is 11.3 Å². The molecule has 0 spiro atoms. The molecule has 1 aliphatic rings. The number of rotatable bonds is 4. The second-order valence-electron chi connectivity index (χ2n) is 8.53. The number of ether oxygens (including phenoxy) is 1. The van der Waals surface area contributed by atoms with Gasteiger partial charge in [-0.3, -0.25) is 0 Å². The maximum absolute atomic E-state index is 15.2. The lowest BCUT2D eigenvalue weighted by atomic mass is 10.00. The highest BCUT2D eigenvalue weighted by Gasteiger charge is 2.24. The molecule has 0 radical (unpaired) electrons. The minimum atomic E-state index is -0.689. The van der Waals surface area contributed by atoms with Gasteiger partial charge in [-0.1, -0.05) is 22.6 Å². The molecule has 5 aromatic rings. The van der Waals surface area contributed by atoms with Crippen molar-refractivity contribution >= 4 is 50.3 Å². The summed E-state index contributed by atoms with van der Waals surface area (Å²) in [5.74, 6) is -1.34. The van der Waals surface area contributed by atoms with Gasteiger partial charge >= 0.3 is 0 Å². The molecule has 1 unspecified atom stereocenters. The molecule has 6 rings (SSSR count). The first-order chi connectivity index (χ1) is 17.5. The normalized spacial score (nSPS) is 15.1. The van der Waals surface area contributed by atoms with E-state index in [1.165, 1.54) is 18.7 Å². The van der Waals surface area contributed by atoms with Crippen LogP contribution in [-0.4, -0.2) is 55.8 Å². The Morgan fingerprint density at radius 3 is 2.58 bits per heavy atom. The van der Waals surface area contributed by atoms with Crippen molar-refractivity contribution in [2.75, 3.05) is 31.2 Å². The molecule has 11 heteroatoms. The van der Waals surface area contributed by atoms with Crippen LogP contribution in [0.4, 0.5) is 14.5 Å². The first kappa shape index (κ1) is 23.1. The monoisotopic (exact) mass is 599 g/mol. The summed E-state index contributed by atoms with van der Waals surface area (Å²) in [5, 5.41) is 0.687. The molecule has 1 saturated heterocycles. The molecule has 4 heterocycles. The van der Waals surface area contributed by atoms with Crippen LogP contribution in [0, 0.1) is 11.6 Å². The van der Waals surface area contributed by atoms with Crippen LogP contribution >= 0.6 is 22.6 Å². The van der Waals surface area contributed by atoms with E-state index in [0.29, 0.717) is 52.2 Å². The van der Waals surface area contributed by atoms with Gasteiger partial charge in [0.05, 0.1) is 40.4 Å². The number of morpholine rings is 1. The Labute approximate surface area is 218 Å². The van der Waals surface area contributed by atoms with Crippen LogP contribution in [0.2, 0.25) is 0 Å². The number of halogens is 3. The fourth-order valence-corrected chi connectivity index (χ4v) is 5.50. The Morgan fingerprint density at radius 1 is 0.944 bits per heavy atom. The molecule has 8 nitrogen and oxygen atoms in total. The number of aryl methyl sites for hydroxylation is 1. The number of hydrogen-bond acceptors (Lipinski definition) is 7. The number of imidazole rings is 1. The maximum Gasteiger partial charge on any atom is 0.181 e. The molecule has 36 heavy (non-hydrogen) atoms. The first-order valence-corrected chi connectivity index (χ1v) is 12.6. The number of fused-ring (bicyclic) bond motifs is 2. The summed E-state index contributed by atoms with van der Waals surface area (Å²) >= 11 is 2.11. The van der Waals surface area contributed by atoms with Crippen LogP contribution in [0.1, 0.15) is 15.2 Å². The van der Waals surface area contributed by atoms with Crippen molar-refractivity contribution < 1.29 is 13.5 Å². The highest BCUT2D eigenvalue weighted by molar-refractivity contribution is 14.1. The number of hydrogen-bond donors (Lipinski definition) is 0. The van der Waals surface area contributed by atoms with E-state index in [9.17, 15) is 0 Å². The second kappa shape index (κ2) is 9.28. The third kappa shape index (κ3) is 3.95. The van der Waals surface area contributed by atoms with Crippen molar-refractivity contribution in [1.82, 2.24) is 29.5 Å². The molecule has 0 amide bonds. The number of benzene rings is 2. The van der Waals surface area contributed by atoms with E-state index in [1.54, 1.807) is 10.9 Å². The van der Waals surface area contributed by atoms with Crippen LogP contribution in [0.5, 0.6) is 0 Å². The van der Waals surface area contributed by atoms with Gasteiger partial charge in [-0.05, 0) is 24.3 Å². The summed E-state index contributed by atoms with van der Waals surface area (Å²) in [6.45, 7) is 2.93. The average Bonchev–Trinajstić information content (AvgIpc) is 3.29. The number of nitrogens with zero attached hydrogens (tertiary/aromatic N) is 7. The number of aromatic nitrogens is 6. The molecular formula is C25H20F2IN7O. The van der Waals surface area contributed by atoms with E-state index in [0.717, 1.165) is 24.8 Å². The standard InChI is InChI=1S/C25H20F2IN7O/c1-34-13-33-25-24(34)23(31-12-32-25)21(28)16-9-17(19(27)10-18(16)26)22-15-3-2-14(8-20(15)29-11-30-22)35-4-6-36-7-5-35/h2-3,8-13,21H,4-7H2,1H3. The second-order valence-corrected chi connectivity index (χ2v) is 9.77. The fourth-order valence-electron chi connectivity index (χ4n) is 4.57. The summed E-state index contributed by atoms with van der Waals surface area (Å²) in [4.78, 5) is 23.9. The molecule has 1 atom stereocenters. The van der Waals surface area contributed by atoms with Gasteiger partial charge in [-0.15, -0.1) is 0 Å². The predicted molar refractivity (Wildman–Crippen MR) is 140 cm³/mol. The van der Waals surface area contributed by atoms with E-state index in [2.05, 4.69) is 52.4 Å². The minimum absolute atomic E-state index is 0.204. The van der Waals surface area contributed by atoms with Crippen LogP contribution in [0.25, 0.3) is 33.3 Å². The number of alkyl halides is 1. The summed E-state index contributed by atoms with van der Waals surface area (Å²) in [5.41, 5.74) is 4.43. The van der Waals surface area contributed by atoms with E-state index in [4.69, 9.17) is 4.74 Å². The molecule has 0 N–H and O–H groups in total. The van der Waals surface area contributed by atoms with E-state index >= 15 is 8.78 Å². The van der Waals surface area contributed by atoms with Crippen molar-refractivity contribution in [3.05, 3.63) is 72.2 Å². The van der Waals surface area contributed by atoms with Gasteiger partial charge < -0.3 is 14.2 Å². The van der Waals surface area contributed by atoms with Gasteiger partial charge in [0.2, 0.25) is 0 Å². The molecule has 0 saturated carbocycles. The molecule has 0 bridgehead atoms. The maximum atomic E-state index is 15.2. The van der Waals surface area contributed by atoms with Crippen LogP contribution in [0.15, 0.2) is 49.3 Å². The lowest BCUT2D eigenvalue weighted by molar-refractivity contribution is 0.122. The Bertz CT molecular complexity index is 1600. The minimum Gasteiger partial charge on any atom is -0.378 e. The van der Waals surface area contributed by atoms with E-state index < -0.39 is 15.6 Å². The third-order valence-corrected chi connectivity index (χ3v) is 7.65. The molecule has 0 aliphatic carbocycles. The van der Waals surface area contributed by atoms with Gasteiger partial charge in [0.1, 0.15) is 29.8 Å². The summed E-state index contributed by atoms with van der Waals surface area (Å²) in [6, 6.07) is 8.26.